The molecule has 0 aromatic carbocycles. The van der Waals surface area contributed by atoms with Crippen molar-refractivity contribution in [2.45, 2.75) is 13.1 Å². The van der Waals surface area contributed by atoms with Gasteiger partial charge in [0.1, 0.15) is 0 Å². The van der Waals surface area contributed by atoms with Crippen molar-refractivity contribution in [1.29, 1.82) is 0 Å². The molecule has 0 fully saturated rings. The van der Waals surface area contributed by atoms with Crippen LogP contribution in [0, 0.1) is 0 Å². The van der Waals surface area contributed by atoms with Gasteiger partial charge in [0.25, 0.3) is 0 Å². The number of hydrogen-bond acceptors (Lipinski definition) is 5. The first kappa shape index (κ1) is 13.4. The lowest BCUT2D eigenvalue weighted by atomic mass is 10.3. The Morgan fingerprint density at radius 1 is 1.21 bits per heavy atom. The fraction of sp³-hybridized carbons (Fsp3) is 0.385. The summed E-state index contributed by atoms with van der Waals surface area (Å²) in [7, 11) is 5.13. The zero-order valence-electron chi connectivity index (χ0n) is 11.4. The van der Waals surface area contributed by atoms with Crippen LogP contribution in [0.2, 0.25) is 0 Å². The van der Waals surface area contributed by atoms with Crippen molar-refractivity contribution in [3.8, 4) is 11.5 Å². The Morgan fingerprint density at radius 3 is 2.68 bits per heavy atom. The van der Waals surface area contributed by atoms with Crippen LogP contribution in [-0.2, 0) is 20.1 Å². The lowest BCUT2D eigenvalue weighted by molar-refractivity contribution is 0.348. The number of aryl methyl sites for hydroxylation is 1. The molecule has 0 aliphatic rings. The van der Waals surface area contributed by atoms with Crippen LogP contribution in [0.1, 0.15) is 11.4 Å². The Kier molecular flexibility index (Phi) is 4.35. The zero-order valence-corrected chi connectivity index (χ0v) is 11.4. The topological polar surface area (TPSA) is 61.2 Å². The van der Waals surface area contributed by atoms with E-state index in [1.54, 1.807) is 31.2 Å². The van der Waals surface area contributed by atoms with Gasteiger partial charge in [-0.3, -0.25) is 9.67 Å². The fourth-order valence-corrected chi connectivity index (χ4v) is 1.84. The molecule has 0 aliphatic heterocycles. The van der Waals surface area contributed by atoms with Gasteiger partial charge in [-0.05, 0) is 6.07 Å². The minimum atomic E-state index is 0.594. The van der Waals surface area contributed by atoms with E-state index in [9.17, 15) is 0 Å². The molecule has 102 valence electrons. The molecule has 0 saturated heterocycles. The summed E-state index contributed by atoms with van der Waals surface area (Å²) in [6, 6.07) is 3.75. The van der Waals surface area contributed by atoms with Crippen LogP contribution in [0.15, 0.2) is 24.5 Å². The average molecular weight is 262 g/mol. The van der Waals surface area contributed by atoms with Crippen molar-refractivity contribution in [3.63, 3.8) is 0 Å². The van der Waals surface area contributed by atoms with E-state index >= 15 is 0 Å². The van der Waals surface area contributed by atoms with E-state index in [-0.39, 0.29) is 0 Å². The number of methoxy groups -OCH3 is 2. The van der Waals surface area contributed by atoms with E-state index in [1.165, 1.54) is 0 Å². The monoisotopic (exact) mass is 262 g/mol. The zero-order chi connectivity index (χ0) is 13.7. The van der Waals surface area contributed by atoms with Gasteiger partial charge >= 0.3 is 0 Å². The number of ether oxygens (including phenoxy) is 2. The molecule has 0 saturated carbocycles. The van der Waals surface area contributed by atoms with Gasteiger partial charge in [-0.2, -0.15) is 5.10 Å². The predicted octanol–water partition coefficient (Wildman–Crippen LogP) is 1.12. The summed E-state index contributed by atoms with van der Waals surface area (Å²) < 4.78 is 12.3. The molecule has 6 heteroatoms. The molecule has 0 spiro atoms. The summed E-state index contributed by atoms with van der Waals surface area (Å²) >= 11 is 0. The third-order valence-electron chi connectivity index (χ3n) is 2.73. The second kappa shape index (κ2) is 6.19. The van der Waals surface area contributed by atoms with Crippen molar-refractivity contribution in [2.75, 3.05) is 14.2 Å². The van der Waals surface area contributed by atoms with Gasteiger partial charge in [0.15, 0.2) is 11.5 Å². The maximum Gasteiger partial charge on any atom is 0.183 e. The number of nitrogens with one attached hydrogen (secondary N) is 1. The Morgan fingerprint density at radius 2 is 2.05 bits per heavy atom. The number of hydrogen-bond donors (Lipinski definition) is 1. The first-order valence-corrected chi connectivity index (χ1v) is 5.99. The van der Waals surface area contributed by atoms with Crippen LogP contribution in [0.25, 0.3) is 0 Å². The highest BCUT2D eigenvalue weighted by Gasteiger charge is 2.10. The molecule has 2 aromatic rings. The lowest BCUT2D eigenvalue weighted by Crippen LogP contribution is -2.15. The van der Waals surface area contributed by atoms with Crippen molar-refractivity contribution < 1.29 is 9.47 Å². The normalized spacial score (nSPS) is 10.5. The summed E-state index contributed by atoms with van der Waals surface area (Å²) in [5, 5.41) is 7.58. The minimum Gasteiger partial charge on any atom is -0.493 e. The number of aromatic nitrogens is 3. The summed E-state index contributed by atoms with van der Waals surface area (Å²) in [6.45, 7) is 1.28. The van der Waals surface area contributed by atoms with E-state index in [1.807, 2.05) is 19.3 Å². The molecule has 1 N–H and O–H groups in total. The van der Waals surface area contributed by atoms with Crippen molar-refractivity contribution in [3.05, 3.63) is 35.9 Å². The van der Waals surface area contributed by atoms with Crippen LogP contribution in [0.4, 0.5) is 0 Å². The highest BCUT2D eigenvalue weighted by Crippen LogP contribution is 2.28. The van der Waals surface area contributed by atoms with Crippen LogP contribution < -0.4 is 14.8 Å². The summed E-state index contributed by atoms with van der Waals surface area (Å²) in [4.78, 5) is 4.30. The molecule has 0 amide bonds. The number of rotatable bonds is 6. The van der Waals surface area contributed by atoms with Crippen molar-refractivity contribution in [2.24, 2.45) is 7.05 Å². The molecule has 0 aliphatic carbocycles. The van der Waals surface area contributed by atoms with Gasteiger partial charge in [0.05, 0.1) is 25.6 Å². The molecule has 2 aromatic heterocycles. The number of pyridine rings is 1. The predicted molar refractivity (Wildman–Crippen MR) is 71.1 cm³/mol. The molecule has 0 bridgehead atoms. The molecule has 0 atom stereocenters. The standard InChI is InChI=1S/C13H18N4O2/c1-17-7-5-10(16-17)8-14-9-11-13(19-3)12(18-2)4-6-15-11/h4-7,14H,8-9H2,1-3H3. The van der Waals surface area contributed by atoms with Gasteiger partial charge in [-0.15, -0.1) is 0 Å². The molecule has 2 rings (SSSR count). The average Bonchev–Trinajstić information content (AvgIpc) is 2.84. The molecule has 0 unspecified atom stereocenters. The maximum atomic E-state index is 5.33. The minimum absolute atomic E-state index is 0.594. The van der Waals surface area contributed by atoms with Crippen molar-refractivity contribution in [1.82, 2.24) is 20.1 Å². The first-order chi connectivity index (χ1) is 9.24. The molecular formula is C13H18N4O2. The van der Waals surface area contributed by atoms with Gasteiger partial charge in [-0.1, -0.05) is 0 Å². The van der Waals surface area contributed by atoms with Crippen LogP contribution in [0.3, 0.4) is 0 Å². The third kappa shape index (κ3) is 3.23. The maximum absolute atomic E-state index is 5.33. The van der Waals surface area contributed by atoms with Gasteiger partial charge < -0.3 is 14.8 Å². The molecule has 0 radical (unpaired) electrons. The van der Waals surface area contributed by atoms with E-state index in [2.05, 4.69) is 15.4 Å². The first-order valence-electron chi connectivity index (χ1n) is 5.99. The molecule has 2 heterocycles. The van der Waals surface area contributed by atoms with Crippen LogP contribution in [0.5, 0.6) is 11.5 Å². The van der Waals surface area contributed by atoms with E-state index < -0.39 is 0 Å². The molecule has 6 nitrogen and oxygen atoms in total. The quantitative estimate of drug-likeness (QED) is 0.845. The number of nitrogens with zero attached hydrogens (tertiary/aromatic N) is 3. The van der Waals surface area contributed by atoms with Crippen LogP contribution in [-0.4, -0.2) is 29.0 Å². The fourth-order valence-electron chi connectivity index (χ4n) is 1.84. The molecular weight excluding hydrogens is 244 g/mol. The Labute approximate surface area is 112 Å². The van der Waals surface area contributed by atoms with Gasteiger partial charge in [-0.25, -0.2) is 0 Å². The van der Waals surface area contributed by atoms with Gasteiger partial charge in [0, 0.05) is 38.6 Å². The second-order valence-electron chi connectivity index (χ2n) is 4.08. The summed E-state index contributed by atoms with van der Waals surface area (Å²) in [5.74, 6) is 1.35. The Hall–Kier alpha value is -2.08. The second-order valence-corrected chi connectivity index (χ2v) is 4.08. The SMILES string of the molecule is COc1ccnc(CNCc2ccn(C)n2)c1OC. The molecule has 19 heavy (non-hydrogen) atoms. The highest BCUT2D eigenvalue weighted by molar-refractivity contribution is 5.42. The van der Waals surface area contributed by atoms with Crippen LogP contribution >= 0.6 is 0 Å². The van der Waals surface area contributed by atoms with Gasteiger partial charge in [0.2, 0.25) is 0 Å². The smallest absolute Gasteiger partial charge is 0.183 e. The third-order valence-corrected chi connectivity index (χ3v) is 2.73. The highest BCUT2D eigenvalue weighted by atomic mass is 16.5. The van der Waals surface area contributed by atoms with E-state index in [0.29, 0.717) is 24.6 Å². The van der Waals surface area contributed by atoms with E-state index in [4.69, 9.17) is 9.47 Å². The van der Waals surface area contributed by atoms with Crippen molar-refractivity contribution >= 4 is 0 Å². The lowest BCUT2D eigenvalue weighted by Gasteiger charge is -2.11. The van der Waals surface area contributed by atoms with E-state index in [0.717, 1.165) is 11.4 Å². The Balaban J connectivity index is 1.99. The largest absolute Gasteiger partial charge is 0.493 e. The summed E-state index contributed by atoms with van der Waals surface area (Å²) in [5.41, 5.74) is 1.81. The Bertz CT molecular complexity index is 539. The summed E-state index contributed by atoms with van der Waals surface area (Å²) in [6.07, 6.45) is 3.63.